The van der Waals surface area contributed by atoms with Crippen LogP contribution in [0.2, 0.25) is 0 Å². The summed E-state index contributed by atoms with van der Waals surface area (Å²) < 4.78 is 11.4. The summed E-state index contributed by atoms with van der Waals surface area (Å²) in [6.07, 6.45) is 3.71. The second kappa shape index (κ2) is 4.67. The van der Waals surface area contributed by atoms with Crippen molar-refractivity contribution < 1.29 is 14.3 Å². The van der Waals surface area contributed by atoms with Crippen LogP contribution in [0, 0.1) is 0 Å². The van der Waals surface area contributed by atoms with Gasteiger partial charge in [-0.2, -0.15) is 0 Å². The highest BCUT2D eigenvalue weighted by Gasteiger charge is 2.42. The average molecular weight is 244 g/mol. The van der Waals surface area contributed by atoms with E-state index in [9.17, 15) is 4.79 Å². The normalized spacial score (nSPS) is 24.9. The molecule has 0 unspecified atom stereocenters. The van der Waals surface area contributed by atoms with Gasteiger partial charge in [0, 0.05) is 24.8 Å². The molecule has 1 saturated carbocycles. The summed E-state index contributed by atoms with van der Waals surface area (Å²) >= 11 is 0. The molecule has 2 fully saturated rings. The fourth-order valence-electron chi connectivity index (χ4n) is 2.57. The highest BCUT2D eigenvalue weighted by atomic mass is 16.7. The minimum absolute atomic E-state index is 0.212. The molecule has 18 heavy (non-hydrogen) atoms. The van der Waals surface area contributed by atoms with E-state index in [1.807, 2.05) is 36.4 Å². The second-order valence-corrected chi connectivity index (χ2v) is 4.79. The third-order valence-corrected chi connectivity index (χ3v) is 3.50. The quantitative estimate of drug-likeness (QED) is 0.712. The molecule has 1 aromatic rings. The van der Waals surface area contributed by atoms with E-state index in [0.717, 1.165) is 11.1 Å². The number of hydrogen-bond acceptors (Lipinski definition) is 3. The molecule has 1 spiro atoms. The number of Topliss-reactive ketones (excluding diaryl/α,β-unsaturated/α-hetero) is 1. The number of ether oxygens (including phenoxy) is 2. The van der Waals surface area contributed by atoms with Gasteiger partial charge < -0.3 is 9.47 Å². The first-order valence-corrected chi connectivity index (χ1v) is 6.34. The van der Waals surface area contributed by atoms with Crippen LogP contribution >= 0.6 is 0 Å². The van der Waals surface area contributed by atoms with Crippen LogP contribution in [-0.4, -0.2) is 24.8 Å². The number of ketones is 1. The molecule has 0 amide bonds. The lowest BCUT2D eigenvalue weighted by Crippen LogP contribution is -2.36. The summed E-state index contributed by atoms with van der Waals surface area (Å²) in [5, 5.41) is 0. The number of carbonyl (C=O) groups excluding carboxylic acids is 1. The molecule has 3 heteroatoms. The van der Waals surface area contributed by atoms with Gasteiger partial charge in [0.1, 0.15) is 0 Å². The van der Waals surface area contributed by atoms with Crippen LogP contribution in [0.25, 0.3) is 6.08 Å². The Morgan fingerprint density at radius 1 is 1.11 bits per heavy atom. The molecule has 3 nitrogen and oxygen atoms in total. The third-order valence-electron chi connectivity index (χ3n) is 3.50. The van der Waals surface area contributed by atoms with E-state index in [4.69, 9.17) is 9.47 Å². The fraction of sp³-hybridized carbons (Fsp3) is 0.400. The summed E-state index contributed by atoms with van der Waals surface area (Å²) in [5.41, 5.74) is 1.87. The van der Waals surface area contributed by atoms with E-state index in [1.165, 1.54) is 0 Å². The van der Waals surface area contributed by atoms with E-state index in [-0.39, 0.29) is 5.78 Å². The van der Waals surface area contributed by atoms with Crippen LogP contribution in [-0.2, 0) is 14.3 Å². The molecule has 0 radical (unpaired) electrons. The van der Waals surface area contributed by atoms with Crippen molar-refractivity contribution in [3.63, 3.8) is 0 Å². The molecule has 1 heterocycles. The van der Waals surface area contributed by atoms with Crippen LogP contribution < -0.4 is 0 Å². The monoisotopic (exact) mass is 244 g/mol. The first-order chi connectivity index (χ1) is 8.77. The van der Waals surface area contributed by atoms with Crippen LogP contribution in [0.15, 0.2) is 35.9 Å². The SMILES string of the molecule is O=C1CCC2(C/C1=C/c1ccccc1)OCCO2. The Kier molecular flexibility index (Phi) is 3.02. The van der Waals surface area contributed by atoms with E-state index in [2.05, 4.69) is 0 Å². The van der Waals surface area contributed by atoms with Crippen molar-refractivity contribution >= 4 is 11.9 Å². The van der Waals surface area contributed by atoms with Crippen molar-refractivity contribution in [1.29, 1.82) is 0 Å². The second-order valence-electron chi connectivity index (χ2n) is 4.79. The van der Waals surface area contributed by atoms with Crippen molar-refractivity contribution in [2.45, 2.75) is 25.0 Å². The number of rotatable bonds is 1. The lowest BCUT2D eigenvalue weighted by atomic mass is 9.87. The van der Waals surface area contributed by atoms with Gasteiger partial charge in [-0.25, -0.2) is 0 Å². The predicted molar refractivity (Wildman–Crippen MR) is 67.9 cm³/mol. The fourth-order valence-corrected chi connectivity index (χ4v) is 2.57. The highest BCUT2D eigenvalue weighted by molar-refractivity contribution is 6.00. The smallest absolute Gasteiger partial charge is 0.173 e. The molecule has 0 atom stereocenters. The molecule has 1 aliphatic carbocycles. The van der Waals surface area contributed by atoms with Crippen LogP contribution in [0.3, 0.4) is 0 Å². The Morgan fingerprint density at radius 3 is 2.56 bits per heavy atom. The van der Waals surface area contributed by atoms with Crippen LogP contribution in [0.4, 0.5) is 0 Å². The number of hydrogen-bond donors (Lipinski definition) is 0. The maximum Gasteiger partial charge on any atom is 0.173 e. The lowest BCUT2D eigenvalue weighted by Gasteiger charge is -2.32. The van der Waals surface area contributed by atoms with Gasteiger partial charge in [-0.15, -0.1) is 0 Å². The van der Waals surface area contributed by atoms with Crippen molar-refractivity contribution in [3.8, 4) is 0 Å². The van der Waals surface area contributed by atoms with Gasteiger partial charge in [-0.1, -0.05) is 30.3 Å². The molecule has 1 aliphatic heterocycles. The molecular weight excluding hydrogens is 228 g/mol. The third kappa shape index (κ3) is 2.24. The van der Waals surface area contributed by atoms with Gasteiger partial charge in [0.25, 0.3) is 0 Å². The summed E-state index contributed by atoms with van der Waals surface area (Å²) in [4.78, 5) is 12.0. The van der Waals surface area contributed by atoms with Crippen molar-refractivity contribution in [2.75, 3.05) is 13.2 Å². The first-order valence-electron chi connectivity index (χ1n) is 6.34. The van der Waals surface area contributed by atoms with Gasteiger partial charge in [-0.3, -0.25) is 4.79 Å². The first kappa shape index (κ1) is 11.6. The minimum atomic E-state index is -0.533. The molecule has 0 aromatic heterocycles. The zero-order valence-corrected chi connectivity index (χ0v) is 10.2. The summed E-state index contributed by atoms with van der Waals surface area (Å²) in [5.74, 6) is -0.322. The zero-order chi connectivity index (χ0) is 12.4. The molecule has 0 N–H and O–H groups in total. The Bertz CT molecular complexity index is 470. The van der Waals surface area contributed by atoms with Gasteiger partial charge in [0.15, 0.2) is 11.6 Å². The van der Waals surface area contributed by atoms with Crippen molar-refractivity contribution in [3.05, 3.63) is 41.5 Å². The topological polar surface area (TPSA) is 35.5 Å². The Labute approximate surface area is 106 Å². The van der Waals surface area contributed by atoms with Gasteiger partial charge in [-0.05, 0) is 11.6 Å². The molecule has 0 bridgehead atoms. The summed E-state index contributed by atoms with van der Waals surface area (Å²) in [7, 11) is 0. The predicted octanol–water partition coefficient (Wildman–Crippen LogP) is 2.57. The van der Waals surface area contributed by atoms with E-state index < -0.39 is 5.79 Å². The summed E-state index contributed by atoms with van der Waals surface area (Å²) in [6.45, 7) is 1.26. The standard InChI is InChI=1S/C15H16O3/c16-14-6-7-15(17-8-9-18-15)11-13(14)10-12-4-2-1-3-5-12/h1-5,10H,6-9,11H2/b13-10-. The Hall–Kier alpha value is -1.45. The van der Waals surface area contributed by atoms with Crippen LogP contribution in [0.1, 0.15) is 24.8 Å². The lowest BCUT2D eigenvalue weighted by molar-refractivity contribution is -0.170. The molecule has 1 saturated heterocycles. The molecule has 2 aliphatic rings. The van der Waals surface area contributed by atoms with Crippen molar-refractivity contribution in [1.82, 2.24) is 0 Å². The molecule has 94 valence electrons. The average Bonchev–Trinajstić information content (AvgIpc) is 2.84. The van der Waals surface area contributed by atoms with Gasteiger partial charge in [0.05, 0.1) is 13.2 Å². The van der Waals surface area contributed by atoms with Crippen LogP contribution in [0.5, 0.6) is 0 Å². The Balaban J connectivity index is 1.85. The zero-order valence-electron chi connectivity index (χ0n) is 10.2. The molecular formula is C15H16O3. The Morgan fingerprint density at radius 2 is 1.83 bits per heavy atom. The van der Waals surface area contributed by atoms with E-state index in [0.29, 0.717) is 32.5 Å². The summed E-state index contributed by atoms with van der Waals surface area (Å²) in [6, 6.07) is 9.90. The van der Waals surface area contributed by atoms with Gasteiger partial charge >= 0.3 is 0 Å². The molecule has 1 aromatic carbocycles. The number of benzene rings is 1. The maximum absolute atomic E-state index is 12.0. The van der Waals surface area contributed by atoms with E-state index >= 15 is 0 Å². The highest BCUT2D eigenvalue weighted by Crippen LogP contribution is 2.37. The van der Waals surface area contributed by atoms with E-state index in [1.54, 1.807) is 0 Å². The van der Waals surface area contributed by atoms with Gasteiger partial charge in [0.2, 0.25) is 0 Å². The maximum atomic E-state index is 12.0. The minimum Gasteiger partial charge on any atom is -0.347 e. The molecule has 3 rings (SSSR count). The van der Waals surface area contributed by atoms with Crippen molar-refractivity contribution in [2.24, 2.45) is 0 Å². The largest absolute Gasteiger partial charge is 0.347 e. The number of carbonyl (C=O) groups is 1.